The van der Waals surface area contributed by atoms with E-state index in [0.29, 0.717) is 10.6 Å². The van der Waals surface area contributed by atoms with E-state index < -0.39 is 11.9 Å². The smallest absolute Gasteiger partial charge is 0.142 e. The van der Waals surface area contributed by atoms with E-state index in [1.165, 1.54) is 6.07 Å². The number of aryl methyl sites for hydroxylation is 1. The minimum absolute atomic E-state index is 0.0571. The first kappa shape index (κ1) is 13.3. The second kappa shape index (κ2) is 5.27. The fourth-order valence-electron chi connectivity index (χ4n) is 1.74. The quantitative estimate of drug-likeness (QED) is 0.864. The number of halogens is 3. The Kier molecular flexibility index (Phi) is 3.91. The van der Waals surface area contributed by atoms with Gasteiger partial charge in [0, 0.05) is 5.02 Å². The lowest BCUT2D eigenvalue weighted by molar-refractivity contribution is 0.624. The van der Waals surface area contributed by atoms with Gasteiger partial charge in [-0.25, -0.2) is 4.39 Å². The van der Waals surface area contributed by atoms with E-state index in [9.17, 15) is 4.39 Å². The van der Waals surface area contributed by atoms with Crippen LogP contribution in [0.4, 0.5) is 4.39 Å². The highest BCUT2D eigenvalue weighted by molar-refractivity contribution is 6.32. The molecule has 0 radical (unpaired) electrons. The predicted octanol–water partition coefficient (Wildman–Crippen LogP) is 4.49. The Morgan fingerprint density at radius 1 is 1.17 bits per heavy atom. The third-order valence-corrected chi connectivity index (χ3v) is 3.68. The lowest BCUT2D eigenvalue weighted by Gasteiger charge is -2.15. The monoisotopic (exact) mass is 283 g/mol. The van der Waals surface area contributed by atoms with Crippen molar-refractivity contribution in [3.8, 4) is 0 Å². The average Bonchev–Trinajstić information content (AvgIpc) is 2.35. The van der Waals surface area contributed by atoms with Crippen LogP contribution >= 0.6 is 23.2 Å². The summed E-state index contributed by atoms with van der Waals surface area (Å²) in [7, 11) is 0. The van der Waals surface area contributed by atoms with Crippen LogP contribution < -0.4 is 5.73 Å². The molecule has 0 aliphatic carbocycles. The number of nitrogens with two attached hydrogens (primary N) is 1. The molecule has 4 heteroatoms. The maximum Gasteiger partial charge on any atom is 0.142 e. The predicted molar refractivity (Wildman–Crippen MR) is 73.6 cm³/mol. The molecule has 1 atom stereocenters. The number of benzene rings is 2. The summed E-state index contributed by atoms with van der Waals surface area (Å²) in [4.78, 5) is 0. The summed E-state index contributed by atoms with van der Waals surface area (Å²) >= 11 is 12.0. The molecule has 2 rings (SSSR count). The maximum absolute atomic E-state index is 13.4. The third kappa shape index (κ3) is 2.51. The summed E-state index contributed by atoms with van der Waals surface area (Å²) in [5.41, 5.74) is 8.42. The van der Waals surface area contributed by atoms with Crippen LogP contribution in [-0.4, -0.2) is 0 Å². The van der Waals surface area contributed by atoms with E-state index in [1.54, 1.807) is 18.2 Å². The van der Waals surface area contributed by atoms with Gasteiger partial charge in [0.15, 0.2) is 0 Å². The van der Waals surface area contributed by atoms with Crippen LogP contribution in [0.15, 0.2) is 36.4 Å². The lowest BCUT2D eigenvalue weighted by atomic mass is 9.98. The van der Waals surface area contributed by atoms with Crippen molar-refractivity contribution in [3.63, 3.8) is 0 Å². The standard InChI is InChI=1S/C14H12Cl2FN/c1-8-5-6-9(7-11(8)15)14(18)10-3-2-4-12(17)13(10)16/h2-7,14H,18H2,1H3. The van der Waals surface area contributed by atoms with E-state index in [1.807, 2.05) is 19.1 Å². The molecule has 0 heterocycles. The fraction of sp³-hybridized carbons (Fsp3) is 0.143. The molecule has 0 spiro atoms. The van der Waals surface area contributed by atoms with Crippen molar-refractivity contribution in [1.82, 2.24) is 0 Å². The van der Waals surface area contributed by atoms with Crippen LogP contribution in [0.5, 0.6) is 0 Å². The van der Waals surface area contributed by atoms with Gasteiger partial charge in [-0.3, -0.25) is 0 Å². The van der Waals surface area contributed by atoms with Gasteiger partial charge in [-0.05, 0) is 35.7 Å². The van der Waals surface area contributed by atoms with Crippen LogP contribution in [0.2, 0.25) is 10.0 Å². The van der Waals surface area contributed by atoms with Crippen molar-refractivity contribution in [3.05, 3.63) is 69.0 Å². The fourth-order valence-corrected chi connectivity index (χ4v) is 2.18. The molecule has 0 saturated carbocycles. The second-order valence-electron chi connectivity index (χ2n) is 4.13. The Hall–Kier alpha value is -1.09. The van der Waals surface area contributed by atoms with Crippen molar-refractivity contribution in [2.75, 3.05) is 0 Å². The van der Waals surface area contributed by atoms with Gasteiger partial charge >= 0.3 is 0 Å². The Labute approximate surface area is 115 Å². The summed E-state index contributed by atoms with van der Waals surface area (Å²) in [6.45, 7) is 1.91. The van der Waals surface area contributed by atoms with E-state index >= 15 is 0 Å². The zero-order chi connectivity index (χ0) is 13.3. The zero-order valence-corrected chi connectivity index (χ0v) is 11.3. The molecule has 0 aliphatic rings. The Balaban J connectivity index is 2.44. The van der Waals surface area contributed by atoms with Crippen molar-refractivity contribution < 1.29 is 4.39 Å². The maximum atomic E-state index is 13.4. The molecular weight excluding hydrogens is 272 g/mol. The van der Waals surface area contributed by atoms with Gasteiger partial charge in [0.2, 0.25) is 0 Å². The van der Waals surface area contributed by atoms with Crippen molar-refractivity contribution >= 4 is 23.2 Å². The van der Waals surface area contributed by atoms with Crippen molar-refractivity contribution in [2.45, 2.75) is 13.0 Å². The molecule has 2 aromatic carbocycles. The number of hydrogen-bond donors (Lipinski definition) is 1. The van der Waals surface area contributed by atoms with Gasteiger partial charge in [0.05, 0.1) is 11.1 Å². The topological polar surface area (TPSA) is 26.0 Å². The van der Waals surface area contributed by atoms with E-state index in [0.717, 1.165) is 11.1 Å². The first-order chi connectivity index (χ1) is 8.50. The lowest BCUT2D eigenvalue weighted by Crippen LogP contribution is -2.13. The molecule has 0 fully saturated rings. The van der Waals surface area contributed by atoms with Crippen LogP contribution in [0.3, 0.4) is 0 Å². The second-order valence-corrected chi connectivity index (χ2v) is 4.91. The summed E-state index contributed by atoms with van der Waals surface area (Å²) in [5.74, 6) is -0.470. The highest BCUT2D eigenvalue weighted by Gasteiger charge is 2.15. The SMILES string of the molecule is Cc1ccc(C(N)c2cccc(F)c2Cl)cc1Cl. The minimum atomic E-state index is -0.494. The summed E-state index contributed by atoms with van der Waals surface area (Å²) < 4.78 is 13.4. The highest BCUT2D eigenvalue weighted by atomic mass is 35.5. The molecule has 94 valence electrons. The summed E-state index contributed by atoms with van der Waals surface area (Å²) in [6.07, 6.45) is 0. The Bertz CT molecular complexity index is 584. The van der Waals surface area contributed by atoms with E-state index in [4.69, 9.17) is 28.9 Å². The number of hydrogen-bond acceptors (Lipinski definition) is 1. The van der Waals surface area contributed by atoms with Gasteiger partial charge < -0.3 is 5.73 Å². The molecule has 0 amide bonds. The first-order valence-electron chi connectivity index (χ1n) is 5.46. The van der Waals surface area contributed by atoms with Gasteiger partial charge in [-0.2, -0.15) is 0 Å². The molecule has 2 aromatic rings. The molecule has 0 saturated heterocycles. The molecule has 1 unspecified atom stereocenters. The first-order valence-corrected chi connectivity index (χ1v) is 6.22. The van der Waals surface area contributed by atoms with Crippen LogP contribution in [0.25, 0.3) is 0 Å². The van der Waals surface area contributed by atoms with Crippen molar-refractivity contribution in [2.24, 2.45) is 5.73 Å². The molecule has 1 nitrogen and oxygen atoms in total. The normalized spacial score (nSPS) is 12.5. The zero-order valence-electron chi connectivity index (χ0n) is 9.75. The van der Waals surface area contributed by atoms with Gasteiger partial charge in [0.1, 0.15) is 5.82 Å². The molecule has 18 heavy (non-hydrogen) atoms. The van der Waals surface area contributed by atoms with Crippen LogP contribution in [0.1, 0.15) is 22.7 Å². The Morgan fingerprint density at radius 2 is 1.89 bits per heavy atom. The Morgan fingerprint density at radius 3 is 2.56 bits per heavy atom. The number of rotatable bonds is 2. The van der Waals surface area contributed by atoms with Crippen LogP contribution in [-0.2, 0) is 0 Å². The third-order valence-electron chi connectivity index (χ3n) is 2.87. The van der Waals surface area contributed by atoms with Gasteiger partial charge in [0.25, 0.3) is 0 Å². The average molecular weight is 284 g/mol. The highest BCUT2D eigenvalue weighted by Crippen LogP contribution is 2.30. The molecule has 0 aliphatic heterocycles. The molecular formula is C14H12Cl2FN. The minimum Gasteiger partial charge on any atom is -0.320 e. The summed E-state index contributed by atoms with van der Waals surface area (Å²) in [6, 6.07) is 9.64. The summed E-state index contributed by atoms with van der Waals surface area (Å²) in [5, 5.41) is 0.692. The van der Waals surface area contributed by atoms with Crippen LogP contribution in [0, 0.1) is 12.7 Å². The van der Waals surface area contributed by atoms with Gasteiger partial charge in [-0.15, -0.1) is 0 Å². The van der Waals surface area contributed by atoms with E-state index in [2.05, 4.69) is 0 Å². The van der Waals surface area contributed by atoms with Crippen molar-refractivity contribution in [1.29, 1.82) is 0 Å². The van der Waals surface area contributed by atoms with Gasteiger partial charge in [-0.1, -0.05) is 47.5 Å². The molecule has 0 bridgehead atoms. The molecule has 0 aromatic heterocycles. The molecule has 2 N–H and O–H groups in total. The largest absolute Gasteiger partial charge is 0.320 e. The van der Waals surface area contributed by atoms with E-state index in [-0.39, 0.29) is 5.02 Å².